The van der Waals surface area contributed by atoms with Crippen LogP contribution in [0, 0.1) is 0 Å². The molecule has 0 aliphatic heterocycles. The Morgan fingerprint density at radius 2 is 0.364 bits per heavy atom. The molecule has 0 radical (unpaired) electrons. The van der Waals surface area contributed by atoms with Crippen molar-refractivity contribution in [1.82, 2.24) is 0 Å². The summed E-state index contributed by atoms with van der Waals surface area (Å²) in [7, 11) is 0. The zero-order valence-corrected chi connectivity index (χ0v) is 44.1. The van der Waals surface area contributed by atoms with E-state index >= 15 is 0 Å². The Bertz CT molecular complexity index is 318. The predicted molar refractivity (Wildman–Crippen MR) is 104 cm³/mol. The molecule has 0 aliphatic rings. The van der Waals surface area contributed by atoms with E-state index in [1.807, 2.05) is 0 Å². The van der Waals surface area contributed by atoms with Crippen LogP contribution in [0.5, 0.6) is 0 Å². The third-order valence-electron chi connectivity index (χ3n) is 0. The van der Waals surface area contributed by atoms with Gasteiger partial charge in [-0.05, 0) is 0 Å². The number of carboxylic acid groups (broad SMARTS) is 6. The monoisotopic (exact) mass is 854 g/mol. The number of hydrogen-bond acceptors (Lipinski definition) is 6. The molecule has 0 bridgehead atoms. The van der Waals surface area contributed by atoms with Crippen LogP contribution < -0.4 is 0 Å². The van der Waals surface area contributed by atoms with Gasteiger partial charge in [0.2, 0.25) is 0 Å². The Balaban J connectivity index is -0.00000000487. The van der Waals surface area contributed by atoms with Crippen molar-refractivity contribution >= 4 is 134 Å². The van der Waals surface area contributed by atoms with E-state index in [2.05, 4.69) is 0 Å². The minimum Gasteiger partial charge on any atom is -1.00 e. The van der Waals surface area contributed by atoms with Gasteiger partial charge in [-0.15, -0.1) is 0 Å². The SMILES string of the molecule is CC(=O)O.CC(=O)O.CC(=O)O.CC(=O)O.CC(=O)O.CC(=O)O.[Ca+2].[Ca+2].[H-].[H-].[H-].[H-].[H-].[H-].[Mg+2].[Zn].[Zn].[Zn].[Zn].[Zn].[Zn]. The van der Waals surface area contributed by atoms with Crippen LogP contribution >= 0.6 is 0 Å². The maximum atomic E-state index is 9.00. The van der Waals surface area contributed by atoms with Crippen molar-refractivity contribution in [2.24, 2.45) is 0 Å². The van der Waals surface area contributed by atoms with E-state index in [1.165, 1.54) is 0 Å². The van der Waals surface area contributed by atoms with Gasteiger partial charge in [0.05, 0.1) is 0 Å². The third kappa shape index (κ3) is 2780. The molecule has 0 saturated heterocycles. The first kappa shape index (κ1) is 99.2. The van der Waals surface area contributed by atoms with Crippen molar-refractivity contribution < 1.29 is 185 Å². The summed E-state index contributed by atoms with van der Waals surface area (Å²) in [6.07, 6.45) is 0. The number of carboxylic acids is 6. The fourth-order valence-corrected chi connectivity index (χ4v) is 0. The van der Waals surface area contributed by atoms with E-state index in [-0.39, 0.29) is 224 Å². The molecule has 6 N–H and O–H groups in total. The molecule has 0 spiro atoms. The molecule has 0 amide bonds. The first-order valence-electron chi connectivity index (χ1n) is 5.57. The second kappa shape index (κ2) is 91.2. The molecule has 0 saturated carbocycles. The number of aliphatic carboxylic acids is 6. The molecule has 12 nitrogen and oxygen atoms in total. The molecule has 0 aliphatic carbocycles. The maximum Gasteiger partial charge on any atom is 2.00 e. The van der Waals surface area contributed by atoms with Gasteiger partial charge in [-0.1, -0.05) is 0 Å². The molecule has 168 valence electrons. The third-order valence-corrected chi connectivity index (χ3v) is 0. The quantitative estimate of drug-likeness (QED) is 0.178. The molecule has 0 atom stereocenters. The van der Waals surface area contributed by atoms with E-state index < -0.39 is 35.8 Å². The van der Waals surface area contributed by atoms with Crippen molar-refractivity contribution in [3.8, 4) is 0 Å². The molecule has 0 aromatic carbocycles. The average molecular weight is 863 g/mol. The normalized spacial score (nSPS) is 4.55. The molecule has 0 rings (SSSR count). The predicted octanol–water partition coefficient (Wildman–Crippen LogP) is 0.0630. The average Bonchev–Trinajstić information content (AvgIpc) is 2.08. The Hall–Kier alpha value is 3.85. The van der Waals surface area contributed by atoms with Gasteiger partial charge in [-0.25, -0.2) is 0 Å². The van der Waals surface area contributed by atoms with Gasteiger partial charge in [0.1, 0.15) is 0 Å². The van der Waals surface area contributed by atoms with Crippen LogP contribution in [0.4, 0.5) is 0 Å². The number of hydrogen-bond donors (Lipinski definition) is 6. The molecular formula is C12H30Ca2MgO12Zn6. The summed E-state index contributed by atoms with van der Waals surface area (Å²) in [6.45, 7) is 6.50. The molecule has 33 heavy (non-hydrogen) atoms. The summed E-state index contributed by atoms with van der Waals surface area (Å²) in [5.74, 6) is -5.00. The summed E-state index contributed by atoms with van der Waals surface area (Å²) in [5.41, 5.74) is 0. The Kier molecular flexibility index (Phi) is 274. The van der Waals surface area contributed by atoms with Crippen LogP contribution in [0.2, 0.25) is 0 Å². The molecule has 0 fully saturated rings. The van der Waals surface area contributed by atoms with E-state index in [0.29, 0.717) is 0 Å². The second-order valence-electron chi connectivity index (χ2n) is 3.11. The fraction of sp³-hybridized carbons (Fsp3) is 0.500. The van der Waals surface area contributed by atoms with Crippen molar-refractivity contribution in [2.45, 2.75) is 41.5 Å². The largest absolute Gasteiger partial charge is 2.00 e. The molecule has 0 unspecified atom stereocenters. The van der Waals surface area contributed by atoms with Gasteiger partial charge in [0.15, 0.2) is 0 Å². The maximum absolute atomic E-state index is 9.00. The van der Waals surface area contributed by atoms with Crippen LogP contribution in [0.3, 0.4) is 0 Å². The molecule has 0 aromatic rings. The minimum absolute atomic E-state index is 0. The molecule has 0 heterocycles. The van der Waals surface area contributed by atoms with Gasteiger partial charge in [0.25, 0.3) is 35.8 Å². The Labute approximate surface area is 354 Å². The van der Waals surface area contributed by atoms with E-state index in [1.54, 1.807) is 0 Å². The minimum atomic E-state index is -0.833. The topological polar surface area (TPSA) is 224 Å². The fourth-order valence-electron chi connectivity index (χ4n) is 0. The zero-order valence-electron chi connectivity index (χ0n) is 26.5. The Morgan fingerprint density at radius 1 is 0.364 bits per heavy atom. The smallest absolute Gasteiger partial charge is 1.00 e. The standard InChI is InChI=1S/6C2H4O2.2Ca.Mg.6Zn.6H/c6*1-2(3)4;;;;;;;;;;;;;;;/h6*1H3,(H,3,4);;;;;;;;;;;;;;;/q;;;;;;3*+2;;;;;;;6*-1. The number of rotatable bonds is 0. The molecule has 21 heteroatoms. The summed E-state index contributed by atoms with van der Waals surface area (Å²) in [5, 5.41) is 44.5. The first-order valence-corrected chi connectivity index (χ1v) is 5.57. The van der Waals surface area contributed by atoms with Gasteiger partial charge < -0.3 is 39.2 Å². The summed E-state index contributed by atoms with van der Waals surface area (Å²) < 4.78 is 0. The molecular weight excluding hydrogens is 833 g/mol. The van der Waals surface area contributed by atoms with Crippen molar-refractivity contribution in [3.63, 3.8) is 0 Å². The van der Waals surface area contributed by atoms with E-state index in [0.717, 1.165) is 41.5 Å². The molecule has 0 aromatic heterocycles. The van der Waals surface area contributed by atoms with Gasteiger partial charge in [-0.3, -0.25) is 28.8 Å². The van der Waals surface area contributed by atoms with Crippen LogP contribution in [0.15, 0.2) is 0 Å². The van der Waals surface area contributed by atoms with Crippen LogP contribution in [-0.4, -0.2) is 165 Å². The van der Waals surface area contributed by atoms with Crippen molar-refractivity contribution in [1.29, 1.82) is 0 Å². The van der Waals surface area contributed by atoms with Gasteiger partial charge in [0, 0.05) is 158 Å². The zero-order chi connectivity index (χ0) is 21.5. The Morgan fingerprint density at radius 3 is 0.364 bits per heavy atom. The van der Waals surface area contributed by atoms with Crippen molar-refractivity contribution in [3.05, 3.63) is 0 Å². The van der Waals surface area contributed by atoms with Gasteiger partial charge in [-0.2, -0.15) is 0 Å². The first-order chi connectivity index (χ1) is 10.4. The second-order valence-corrected chi connectivity index (χ2v) is 3.11. The van der Waals surface area contributed by atoms with Gasteiger partial charge >= 0.3 is 98.5 Å². The van der Waals surface area contributed by atoms with Crippen LogP contribution in [0.25, 0.3) is 0 Å². The summed E-state index contributed by atoms with van der Waals surface area (Å²) in [4.78, 5) is 54.0. The summed E-state index contributed by atoms with van der Waals surface area (Å²) >= 11 is 0. The van der Waals surface area contributed by atoms with Crippen LogP contribution in [-0.2, 0) is 146 Å². The number of carbonyl (C=O) groups is 6. The van der Waals surface area contributed by atoms with Crippen LogP contribution in [0.1, 0.15) is 50.1 Å². The van der Waals surface area contributed by atoms with Crippen molar-refractivity contribution in [2.75, 3.05) is 0 Å². The van der Waals surface area contributed by atoms with E-state index in [9.17, 15) is 0 Å². The van der Waals surface area contributed by atoms with E-state index in [4.69, 9.17) is 59.4 Å². The summed E-state index contributed by atoms with van der Waals surface area (Å²) in [6, 6.07) is 0.